The molecule has 1 aromatic rings. The predicted molar refractivity (Wildman–Crippen MR) is 84.2 cm³/mol. The zero-order chi connectivity index (χ0) is 16.8. The van der Waals surface area contributed by atoms with Crippen molar-refractivity contribution in [1.29, 1.82) is 0 Å². The average molecular weight is 312 g/mol. The van der Waals surface area contributed by atoms with E-state index in [0.29, 0.717) is 13.1 Å². The van der Waals surface area contributed by atoms with Crippen LogP contribution in [0.3, 0.4) is 0 Å². The van der Waals surface area contributed by atoms with Crippen LogP contribution >= 0.6 is 0 Å². The molecule has 0 aromatic heterocycles. The Hall–Kier alpha value is -2.00. The number of hydrogen-bond donors (Lipinski definition) is 6. The molecule has 0 saturated heterocycles. The molecule has 8 heteroatoms. The molecule has 0 bridgehead atoms. The van der Waals surface area contributed by atoms with Crippen molar-refractivity contribution >= 4 is 11.9 Å². The van der Waals surface area contributed by atoms with Crippen LogP contribution in [0.2, 0.25) is 0 Å². The van der Waals surface area contributed by atoms with Gasteiger partial charge in [-0.1, -0.05) is 0 Å². The molecule has 8 nitrogen and oxygen atoms in total. The molecule has 0 amide bonds. The van der Waals surface area contributed by atoms with Crippen LogP contribution in [0.15, 0.2) is 24.3 Å². The van der Waals surface area contributed by atoms with Gasteiger partial charge in [0, 0.05) is 39.3 Å². The highest BCUT2D eigenvalue weighted by Crippen LogP contribution is 2.03. The largest absolute Gasteiger partial charge is 0.478 e. The second-order valence-electron chi connectivity index (χ2n) is 4.27. The molecule has 0 aliphatic rings. The maximum absolute atomic E-state index is 10.3. The van der Waals surface area contributed by atoms with Gasteiger partial charge in [0.2, 0.25) is 0 Å². The highest BCUT2D eigenvalue weighted by Gasteiger charge is 2.04. The van der Waals surface area contributed by atoms with E-state index in [9.17, 15) is 9.59 Å². The molecule has 1 rings (SSSR count). The molecule has 0 atom stereocenters. The van der Waals surface area contributed by atoms with Crippen molar-refractivity contribution in [2.24, 2.45) is 11.5 Å². The van der Waals surface area contributed by atoms with Crippen LogP contribution in [0.5, 0.6) is 0 Å². The second-order valence-corrected chi connectivity index (χ2v) is 4.27. The monoisotopic (exact) mass is 312 g/mol. The Balaban J connectivity index is 0.000000409. The topological polar surface area (TPSA) is 151 Å². The van der Waals surface area contributed by atoms with Crippen molar-refractivity contribution in [3.63, 3.8) is 0 Å². The van der Waals surface area contributed by atoms with E-state index in [1.807, 2.05) is 0 Å². The number of nitrogens with two attached hydrogens (primary N) is 2. The van der Waals surface area contributed by atoms with Gasteiger partial charge in [-0.3, -0.25) is 0 Å². The van der Waals surface area contributed by atoms with E-state index in [1.54, 1.807) is 0 Å². The lowest BCUT2D eigenvalue weighted by Crippen LogP contribution is -2.32. The summed E-state index contributed by atoms with van der Waals surface area (Å²) < 4.78 is 0. The summed E-state index contributed by atoms with van der Waals surface area (Å²) >= 11 is 0. The Morgan fingerprint density at radius 1 is 0.773 bits per heavy atom. The number of hydrogen-bond acceptors (Lipinski definition) is 6. The summed E-state index contributed by atoms with van der Waals surface area (Å²) in [6.45, 7) is 5.14. The van der Waals surface area contributed by atoms with Crippen LogP contribution in [0.4, 0.5) is 0 Å². The van der Waals surface area contributed by atoms with Gasteiger partial charge >= 0.3 is 11.9 Å². The molecule has 0 aliphatic carbocycles. The smallest absolute Gasteiger partial charge is 0.335 e. The molecule has 0 radical (unpaired) electrons. The van der Waals surface area contributed by atoms with Gasteiger partial charge in [0.05, 0.1) is 11.1 Å². The quantitative estimate of drug-likeness (QED) is 0.323. The number of carboxylic acids is 2. The Morgan fingerprint density at radius 2 is 1.09 bits per heavy atom. The normalized spacial score (nSPS) is 9.73. The van der Waals surface area contributed by atoms with E-state index in [0.717, 1.165) is 26.2 Å². The molecule has 0 unspecified atom stereocenters. The molecule has 1 aromatic carbocycles. The fourth-order valence-corrected chi connectivity index (χ4v) is 1.39. The SMILES string of the molecule is NCCNCCNCCN.O=C(O)c1ccc(C(=O)O)cc1. The van der Waals surface area contributed by atoms with Crippen LogP contribution in [-0.4, -0.2) is 61.4 Å². The number of rotatable bonds is 9. The van der Waals surface area contributed by atoms with Crippen molar-refractivity contribution in [2.75, 3.05) is 39.3 Å². The Kier molecular flexibility index (Phi) is 11.6. The minimum Gasteiger partial charge on any atom is -0.478 e. The van der Waals surface area contributed by atoms with E-state index < -0.39 is 11.9 Å². The minimum absolute atomic E-state index is 0.0833. The third-order valence-electron chi connectivity index (χ3n) is 2.50. The summed E-state index contributed by atoms with van der Waals surface area (Å²) in [6.07, 6.45) is 0. The van der Waals surface area contributed by atoms with E-state index in [4.69, 9.17) is 21.7 Å². The fourth-order valence-electron chi connectivity index (χ4n) is 1.39. The first-order chi connectivity index (χ1) is 10.5. The lowest BCUT2D eigenvalue weighted by Gasteiger charge is -2.03. The first-order valence-corrected chi connectivity index (χ1v) is 6.91. The van der Waals surface area contributed by atoms with Crippen molar-refractivity contribution in [3.05, 3.63) is 35.4 Å². The standard InChI is InChI=1S/C8H6O4.C6H18N4/c9-7(10)5-1-2-6(4-3-5)8(11)12;7-1-3-9-5-6-10-4-2-8/h1-4H,(H,9,10)(H,11,12);9-10H,1-8H2. The maximum Gasteiger partial charge on any atom is 0.335 e. The van der Waals surface area contributed by atoms with E-state index in [-0.39, 0.29) is 11.1 Å². The third kappa shape index (κ3) is 9.83. The van der Waals surface area contributed by atoms with Gasteiger partial charge in [-0.15, -0.1) is 0 Å². The van der Waals surface area contributed by atoms with Gasteiger partial charge in [-0.25, -0.2) is 9.59 Å². The summed E-state index contributed by atoms with van der Waals surface area (Å²) in [7, 11) is 0. The molecular weight excluding hydrogens is 288 g/mol. The predicted octanol–water partition coefficient (Wildman–Crippen LogP) is -0.834. The van der Waals surface area contributed by atoms with E-state index >= 15 is 0 Å². The van der Waals surface area contributed by atoms with E-state index in [1.165, 1.54) is 24.3 Å². The lowest BCUT2D eigenvalue weighted by atomic mass is 10.1. The van der Waals surface area contributed by atoms with Crippen LogP contribution in [0.1, 0.15) is 20.7 Å². The first kappa shape index (κ1) is 20.0. The van der Waals surface area contributed by atoms with Gasteiger partial charge in [0.15, 0.2) is 0 Å². The molecule has 0 aliphatic heterocycles. The highest BCUT2D eigenvalue weighted by atomic mass is 16.4. The van der Waals surface area contributed by atoms with Gasteiger partial charge in [-0.2, -0.15) is 0 Å². The first-order valence-electron chi connectivity index (χ1n) is 6.91. The van der Waals surface area contributed by atoms with Crippen LogP contribution in [0, 0.1) is 0 Å². The molecule has 0 saturated carbocycles. The van der Waals surface area contributed by atoms with Crippen LogP contribution < -0.4 is 22.1 Å². The molecule has 0 spiro atoms. The molecular formula is C14H24N4O4. The van der Waals surface area contributed by atoms with Gasteiger partial charge in [-0.05, 0) is 24.3 Å². The highest BCUT2D eigenvalue weighted by molar-refractivity contribution is 5.91. The molecule has 0 fully saturated rings. The summed E-state index contributed by atoms with van der Waals surface area (Å²) in [5.41, 5.74) is 10.7. The van der Waals surface area contributed by atoms with Crippen LogP contribution in [0.25, 0.3) is 0 Å². The summed E-state index contributed by atoms with van der Waals surface area (Å²) in [6, 6.07) is 5.02. The fraction of sp³-hybridized carbons (Fsp3) is 0.429. The lowest BCUT2D eigenvalue weighted by molar-refractivity contribution is 0.0681. The van der Waals surface area contributed by atoms with E-state index in [2.05, 4.69) is 10.6 Å². The molecule has 0 heterocycles. The van der Waals surface area contributed by atoms with Crippen molar-refractivity contribution in [2.45, 2.75) is 0 Å². The van der Waals surface area contributed by atoms with Crippen molar-refractivity contribution in [1.82, 2.24) is 10.6 Å². The average Bonchev–Trinajstić information content (AvgIpc) is 2.51. The third-order valence-corrected chi connectivity index (χ3v) is 2.50. The van der Waals surface area contributed by atoms with Crippen LogP contribution in [-0.2, 0) is 0 Å². The maximum atomic E-state index is 10.3. The summed E-state index contributed by atoms with van der Waals surface area (Å²) in [4.78, 5) is 20.7. The Labute approximate surface area is 129 Å². The van der Waals surface area contributed by atoms with Gasteiger partial charge < -0.3 is 32.3 Å². The number of carboxylic acid groups (broad SMARTS) is 2. The number of nitrogens with one attached hydrogen (secondary N) is 2. The summed E-state index contributed by atoms with van der Waals surface area (Å²) in [5, 5.41) is 23.3. The minimum atomic E-state index is -1.06. The van der Waals surface area contributed by atoms with Crippen molar-refractivity contribution < 1.29 is 19.8 Å². The van der Waals surface area contributed by atoms with Crippen molar-refractivity contribution in [3.8, 4) is 0 Å². The second kappa shape index (κ2) is 12.7. The molecule has 124 valence electrons. The van der Waals surface area contributed by atoms with Gasteiger partial charge in [0.1, 0.15) is 0 Å². The number of benzene rings is 1. The summed E-state index contributed by atoms with van der Waals surface area (Å²) in [5.74, 6) is -2.13. The number of carbonyl (C=O) groups is 2. The zero-order valence-corrected chi connectivity index (χ0v) is 12.4. The number of aromatic carboxylic acids is 2. The zero-order valence-electron chi connectivity index (χ0n) is 12.4. The molecule has 8 N–H and O–H groups in total. The van der Waals surface area contributed by atoms with Gasteiger partial charge in [0.25, 0.3) is 0 Å². The Bertz CT molecular complexity index is 396. The Morgan fingerprint density at radius 3 is 1.32 bits per heavy atom. The molecule has 22 heavy (non-hydrogen) atoms.